The molecule has 1 aromatic carbocycles. The second kappa shape index (κ2) is 6.42. The molecule has 0 bridgehead atoms. The van der Waals surface area contributed by atoms with Crippen LogP contribution < -0.4 is 4.74 Å². The molecule has 2 aromatic rings. The van der Waals surface area contributed by atoms with Gasteiger partial charge in [-0.15, -0.1) is 11.3 Å². The molecule has 1 aromatic heterocycles. The molecule has 1 unspecified atom stereocenters. The number of hydrogen-bond acceptors (Lipinski definition) is 3. The van der Waals surface area contributed by atoms with E-state index in [-0.39, 0.29) is 0 Å². The topological polar surface area (TPSA) is 12.5 Å². The average molecular weight is 296 g/mol. The number of methoxy groups -OCH3 is 1. The van der Waals surface area contributed by atoms with Crippen LogP contribution in [0.3, 0.4) is 0 Å². The van der Waals surface area contributed by atoms with Gasteiger partial charge in [-0.25, -0.2) is 0 Å². The maximum absolute atomic E-state index is 5.96. The molecule has 1 heterocycles. The lowest BCUT2D eigenvalue weighted by atomic mass is 10.1. The Morgan fingerprint density at radius 3 is 2.42 bits per heavy atom. The van der Waals surface area contributed by atoms with Crippen molar-refractivity contribution >= 4 is 22.9 Å². The first-order valence-electron chi connectivity index (χ1n) is 6.18. The van der Waals surface area contributed by atoms with E-state index in [2.05, 4.69) is 37.1 Å². The second-order valence-electron chi connectivity index (χ2n) is 4.57. The first-order valence-corrected chi connectivity index (χ1v) is 7.38. The van der Waals surface area contributed by atoms with Gasteiger partial charge in [-0.1, -0.05) is 23.7 Å². The molecule has 0 saturated heterocycles. The molecule has 0 amide bonds. The van der Waals surface area contributed by atoms with Gasteiger partial charge in [0.2, 0.25) is 0 Å². The largest absolute Gasteiger partial charge is 0.497 e. The average Bonchev–Trinajstić information content (AvgIpc) is 2.83. The Balaban J connectivity index is 2.03. The van der Waals surface area contributed by atoms with Crippen molar-refractivity contribution < 1.29 is 4.74 Å². The lowest BCUT2D eigenvalue weighted by molar-refractivity contribution is 0.255. The SMILES string of the molecule is COc1ccc(C(C)N(C)Cc2ccc(Cl)s2)cc1. The van der Waals surface area contributed by atoms with E-state index in [0.717, 1.165) is 16.6 Å². The van der Waals surface area contributed by atoms with Crippen molar-refractivity contribution in [3.05, 3.63) is 51.2 Å². The molecule has 1 atom stereocenters. The molecule has 19 heavy (non-hydrogen) atoms. The third kappa shape index (κ3) is 3.72. The third-order valence-corrected chi connectivity index (χ3v) is 4.51. The lowest BCUT2D eigenvalue weighted by Gasteiger charge is -2.24. The van der Waals surface area contributed by atoms with Gasteiger partial charge in [0.05, 0.1) is 11.4 Å². The Morgan fingerprint density at radius 2 is 1.89 bits per heavy atom. The van der Waals surface area contributed by atoms with E-state index >= 15 is 0 Å². The summed E-state index contributed by atoms with van der Waals surface area (Å²) < 4.78 is 6.03. The summed E-state index contributed by atoms with van der Waals surface area (Å²) in [5.74, 6) is 0.892. The third-order valence-electron chi connectivity index (χ3n) is 3.29. The van der Waals surface area contributed by atoms with E-state index < -0.39 is 0 Å². The van der Waals surface area contributed by atoms with Crippen molar-refractivity contribution in [3.63, 3.8) is 0 Å². The van der Waals surface area contributed by atoms with Gasteiger partial charge in [0.15, 0.2) is 0 Å². The fourth-order valence-corrected chi connectivity index (χ4v) is 3.11. The van der Waals surface area contributed by atoms with Crippen LogP contribution in [0.2, 0.25) is 4.34 Å². The van der Waals surface area contributed by atoms with Gasteiger partial charge in [0.1, 0.15) is 5.75 Å². The smallest absolute Gasteiger partial charge is 0.118 e. The summed E-state index contributed by atoms with van der Waals surface area (Å²) >= 11 is 7.60. The zero-order valence-electron chi connectivity index (χ0n) is 11.4. The number of hydrogen-bond donors (Lipinski definition) is 0. The van der Waals surface area contributed by atoms with Crippen molar-refractivity contribution in [1.82, 2.24) is 4.90 Å². The fourth-order valence-electron chi connectivity index (χ4n) is 1.96. The molecule has 2 nitrogen and oxygen atoms in total. The van der Waals surface area contributed by atoms with Gasteiger partial charge in [0, 0.05) is 17.5 Å². The van der Waals surface area contributed by atoms with E-state index in [1.807, 2.05) is 18.2 Å². The summed E-state index contributed by atoms with van der Waals surface area (Å²) in [7, 11) is 3.81. The highest BCUT2D eigenvalue weighted by molar-refractivity contribution is 7.16. The summed E-state index contributed by atoms with van der Waals surface area (Å²) in [6.45, 7) is 3.11. The molecule has 0 fully saturated rings. The highest BCUT2D eigenvalue weighted by Gasteiger charge is 2.13. The molecule has 4 heteroatoms. The molecule has 0 aliphatic rings. The maximum Gasteiger partial charge on any atom is 0.118 e. The van der Waals surface area contributed by atoms with Crippen LogP contribution in [-0.4, -0.2) is 19.1 Å². The van der Waals surface area contributed by atoms with Gasteiger partial charge < -0.3 is 4.74 Å². The van der Waals surface area contributed by atoms with Gasteiger partial charge in [-0.2, -0.15) is 0 Å². The number of benzene rings is 1. The molecule has 0 saturated carbocycles. The van der Waals surface area contributed by atoms with Crippen LogP contribution >= 0.6 is 22.9 Å². The number of rotatable bonds is 5. The zero-order chi connectivity index (χ0) is 13.8. The highest BCUT2D eigenvalue weighted by Crippen LogP contribution is 2.26. The van der Waals surface area contributed by atoms with Crippen molar-refractivity contribution in [2.45, 2.75) is 19.5 Å². The normalized spacial score (nSPS) is 12.7. The predicted molar refractivity (Wildman–Crippen MR) is 82.2 cm³/mol. The summed E-state index contributed by atoms with van der Waals surface area (Å²) in [6.07, 6.45) is 0. The summed E-state index contributed by atoms with van der Waals surface area (Å²) in [5.41, 5.74) is 1.28. The monoisotopic (exact) mass is 295 g/mol. The minimum Gasteiger partial charge on any atom is -0.497 e. The fraction of sp³-hybridized carbons (Fsp3) is 0.333. The van der Waals surface area contributed by atoms with Gasteiger partial charge in [-0.3, -0.25) is 4.90 Å². The zero-order valence-corrected chi connectivity index (χ0v) is 13.0. The van der Waals surface area contributed by atoms with E-state index in [0.29, 0.717) is 6.04 Å². The number of thiophene rings is 1. The number of halogens is 1. The van der Waals surface area contributed by atoms with E-state index in [9.17, 15) is 0 Å². The van der Waals surface area contributed by atoms with E-state index in [1.54, 1.807) is 18.4 Å². The van der Waals surface area contributed by atoms with Crippen LogP contribution in [0.15, 0.2) is 36.4 Å². The quantitative estimate of drug-likeness (QED) is 0.799. The standard InChI is InChI=1S/C15H18ClNOS/c1-11(12-4-6-13(18-3)7-5-12)17(2)10-14-8-9-15(16)19-14/h4-9,11H,10H2,1-3H3. The van der Waals surface area contributed by atoms with Crippen LogP contribution in [0, 0.1) is 0 Å². The first-order chi connectivity index (χ1) is 9.10. The van der Waals surface area contributed by atoms with Gasteiger partial charge in [0.25, 0.3) is 0 Å². The first kappa shape index (κ1) is 14.4. The highest BCUT2D eigenvalue weighted by atomic mass is 35.5. The van der Waals surface area contributed by atoms with Crippen LogP contribution in [0.5, 0.6) is 5.75 Å². The van der Waals surface area contributed by atoms with Gasteiger partial charge in [-0.05, 0) is 43.8 Å². The molecule has 0 radical (unpaired) electrons. The molecule has 0 aliphatic heterocycles. The summed E-state index contributed by atoms with van der Waals surface area (Å²) in [6, 6.07) is 12.6. The lowest BCUT2D eigenvalue weighted by Crippen LogP contribution is -2.21. The Labute approximate surface area is 123 Å². The Hall–Kier alpha value is -1.03. The predicted octanol–water partition coefficient (Wildman–Crippen LogP) is 4.60. The Kier molecular flexibility index (Phi) is 4.86. The van der Waals surface area contributed by atoms with Crippen LogP contribution in [0.1, 0.15) is 23.4 Å². The maximum atomic E-state index is 5.96. The van der Waals surface area contributed by atoms with Gasteiger partial charge >= 0.3 is 0 Å². The Morgan fingerprint density at radius 1 is 1.21 bits per heavy atom. The number of ether oxygens (including phenoxy) is 1. The van der Waals surface area contributed by atoms with Crippen molar-refractivity contribution in [2.24, 2.45) is 0 Å². The van der Waals surface area contributed by atoms with Crippen LogP contribution in [-0.2, 0) is 6.54 Å². The van der Waals surface area contributed by atoms with Crippen LogP contribution in [0.4, 0.5) is 0 Å². The second-order valence-corrected chi connectivity index (χ2v) is 6.37. The van der Waals surface area contributed by atoms with Crippen molar-refractivity contribution in [3.8, 4) is 5.75 Å². The van der Waals surface area contributed by atoms with E-state index in [4.69, 9.17) is 16.3 Å². The molecular weight excluding hydrogens is 278 g/mol. The number of nitrogens with zero attached hydrogens (tertiary/aromatic N) is 1. The molecule has 0 spiro atoms. The molecule has 2 rings (SSSR count). The molecule has 0 aliphatic carbocycles. The molecule has 0 N–H and O–H groups in total. The summed E-state index contributed by atoms with van der Waals surface area (Å²) in [4.78, 5) is 3.59. The molecular formula is C15H18ClNOS. The summed E-state index contributed by atoms with van der Waals surface area (Å²) in [5, 5.41) is 0. The van der Waals surface area contributed by atoms with E-state index in [1.165, 1.54) is 10.4 Å². The Bertz CT molecular complexity index is 523. The molecule has 102 valence electrons. The minimum atomic E-state index is 0.354. The minimum absolute atomic E-state index is 0.354. The van der Waals surface area contributed by atoms with Crippen molar-refractivity contribution in [2.75, 3.05) is 14.2 Å². The van der Waals surface area contributed by atoms with Crippen molar-refractivity contribution in [1.29, 1.82) is 0 Å². The van der Waals surface area contributed by atoms with Crippen LogP contribution in [0.25, 0.3) is 0 Å².